The summed E-state index contributed by atoms with van der Waals surface area (Å²) in [6, 6.07) is 79.2. The first-order chi connectivity index (χ1) is 29.7. The lowest BCUT2D eigenvalue weighted by Crippen LogP contribution is -2.32. The molecular weight excluding hydrogens is 747 g/mol. The van der Waals surface area contributed by atoms with E-state index in [0.717, 1.165) is 50.1 Å². The van der Waals surface area contributed by atoms with E-state index >= 15 is 0 Å². The maximum atomic E-state index is 6.71. The van der Waals surface area contributed by atoms with Gasteiger partial charge in [0.05, 0.1) is 5.41 Å². The average molecular weight is 784 g/mol. The van der Waals surface area contributed by atoms with Gasteiger partial charge in [-0.2, -0.15) is 0 Å². The Morgan fingerprint density at radius 3 is 1.77 bits per heavy atom. The van der Waals surface area contributed by atoms with Crippen LogP contribution in [-0.4, -0.2) is 0 Å². The third-order valence-electron chi connectivity index (χ3n) is 12.3. The summed E-state index contributed by atoms with van der Waals surface area (Å²) in [5.74, 6) is 0. The molecule has 2 nitrogen and oxygen atoms in total. The Balaban J connectivity index is 1.03. The van der Waals surface area contributed by atoms with Crippen molar-refractivity contribution in [1.82, 2.24) is 0 Å². The molecule has 0 atom stereocenters. The van der Waals surface area contributed by atoms with Crippen LogP contribution >= 0.6 is 11.8 Å². The number of hydrogen-bond acceptors (Lipinski definition) is 3. The van der Waals surface area contributed by atoms with Crippen LogP contribution < -0.4 is 4.90 Å². The number of furan rings is 1. The number of nitrogens with zero attached hydrogens (tertiary/aromatic N) is 1. The molecule has 0 N–H and O–H groups in total. The molecule has 282 valence electrons. The van der Waals surface area contributed by atoms with Crippen molar-refractivity contribution in [3.8, 4) is 11.1 Å². The van der Waals surface area contributed by atoms with E-state index in [0.29, 0.717) is 0 Å². The minimum absolute atomic E-state index is 0.462. The second-order valence-corrected chi connectivity index (χ2v) is 16.7. The second kappa shape index (κ2) is 13.9. The van der Waals surface area contributed by atoms with E-state index in [9.17, 15) is 0 Å². The van der Waals surface area contributed by atoms with Crippen LogP contribution in [0, 0.1) is 0 Å². The summed E-state index contributed by atoms with van der Waals surface area (Å²) in [7, 11) is 0. The van der Waals surface area contributed by atoms with Gasteiger partial charge in [0.25, 0.3) is 0 Å². The number of anilines is 3. The highest BCUT2D eigenvalue weighted by molar-refractivity contribution is 7.99. The molecule has 1 spiro atoms. The third kappa shape index (κ3) is 5.36. The Morgan fingerprint density at radius 2 is 1.02 bits per heavy atom. The monoisotopic (exact) mass is 783 g/mol. The summed E-state index contributed by atoms with van der Waals surface area (Å²) in [4.78, 5) is 4.98. The Labute approximate surface area is 353 Å². The van der Waals surface area contributed by atoms with Crippen LogP contribution in [0.15, 0.2) is 233 Å². The fraction of sp³-hybridized carbons (Fsp3) is 0.0175. The smallest absolute Gasteiger partial charge is 0.137 e. The van der Waals surface area contributed by atoms with Crippen molar-refractivity contribution < 1.29 is 4.42 Å². The normalized spacial score (nSPS) is 13.5. The van der Waals surface area contributed by atoms with Crippen molar-refractivity contribution in [3.63, 3.8) is 0 Å². The molecule has 1 aliphatic carbocycles. The van der Waals surface area contributed by atoms with Gasteiger partial charge < -0.3 is 9.32 Å². The second-order valence-electron chi connectivity index (χ2n) is 15.6. The zero-order valence-corrected chi connectivity index (χ0v) is 33.4. The zero-order chi connectivity index (χ0) is 39.6. The largest absolute Gasteiger partial charge is 0.456 e. The predicted molar refractivity (Wildman–Crippen MR) is 250 cm³/mol. The van der Waals surface area contributed by atoms with Gasteiger partial charge in [-0.3, -0.25) is 0 Å². The van der Waals surface area contributed by atoms with E-state index in [-0.39, 0.29) is 0 Å². The first-order valence-electron chi connectivity index (χ1n) is 20.5. The van der Waals surface area contributed by atoms with Gasteiger partial charge in [0, 0.05) is 43.7 Å². The van der Waals surface area contributed by atoms with E-state index in [1.54, 1.807) is 0 Å². The topological polar surface area (TPSA) is 16.4 Å². The first kappa shape index (κ1) is 34.7. The Bertz CT molecular complexity index is 3250. The van der Waals surface area contributed by atoms with Gasteiger partial charge in [-0.15, -0.1) is 0 Å². The minimum Gasteiger partial charge on any atom is -0.456 e. The molecule has 0 bridgehead atoms. The van der Waals surface area contributed by atoms with Gasteiger partial charge in [0.1, 0.15) is 11.2 Å². The highest BCUT2D eigenvalue weighted by atomic mass is 32.2. The van der Waals surface area contributed by atoms with Gasteiger partial charge in [0.15, 0.2) is 0 Å². The van der Waals surface area contributed by atoms with Crippen molar-refractivity contribution >= 4 is 62.4 Å². The van der Waals surface area contributed by atoms with Crippen molar-refractivity contribution in [2.45, 2.75) is 15.2 Å². The minimum atomic E-state index is -0.462. The summed E-state index contributed by atoms with van der Waals surface area (Å²) in [5, 5.41) is 2.19. The SMILES string of the molecule is C(=C(/c1ccccc1)c1ccc2oc3cc(N(c4ccccc4)c4ccc5c(c4)C4(c6ccccc6Sc6ccccc64)c4ccccc4-5)ccc3c2c1)/c1ccccc1. The summed E-state index contributed by atoms with van der Waals surface area (Å²) in [6.07, 6.45) is 2.28. The molecule has 0 radical (unpaired) electrons. The lowest BCUT2D eigenvalue weighted by Gasteiger charge is -2.40. The van der Waals surface area contributed by atoms with Crippen molar-refractivity contribution in [3.05, 3.63) is 257 Å². The number of rotatable bonds is 6. The van der Waals surface area contributed by atoms with Crippen molar-refractivity contribution in [2.75, 3.05) is 4.90 Å². The summed E-state index contributed by atoms with van der Waals surface area (Å²) >= 11 is 1.88. The summed E-state index contributed by atoms with van der Waals surface area (Å²) in [6.45, 7) is 0. The van der Waals surface area contributed by atoms with Crippen LogP contribution in [0.25, 0.3) is 44.7 Å². The van der Waals surface area contributed by atoms with Gasteiger partial charge in [-0.05, 0) is 122 Å². The highest BCUT2D eigenvalue weighted by Crippen LogP contribution is 2.62. The molecule has 0 amide bonds. The number of hydrogen-bond donors (Lipinski definition) is 0. The number of para-hydroxylation sites is 1. The van der Waals surface area contributed by atoms with Crippen LogP contribution in [0.1, 0.15) is 38.9 Å². The molecule has 60 heavy (non-hydrogen) atoms. The molecule has 1 aromatic heterocycles. The molecule has 0 saturated heterocycles. The molecule has 10 aromatic rings. The lowest BCUT2D eigenvalue weighted by atomic mass is 9.67. The molecule has 1 aliphatic heterocycles. The van der Waals surface area contributed by atoms with Crippen LogP contribution in [-0.2, 0) is 5.41 Å². The first-order valence-corrected chi connectivity index (χ1v) is 21.3. The zero-order valence-electron chi connectivity index (χ0n) is 32.6. The van der Waals surface area contributed by atoms with Crippen LogP contribution in [0.4, 0.5) is 17.1 Å². The molecule has 9 aromatic carbocycles. The Morgan fingerprint density at radius 1 is 0.417 bits per heavy atom. The number of benzene rings is 9. The maximum Gasteiger partial charge on any atom is 0.137 e. The van der Waals surface area contributed by atoms with Crippen LogP contribution in [0.2, 0.25) is 0 Å². The van der Waals surface area contributed by atoms with Gasteiger partial charge in [0.2, 0.25) is 0 Å². The molecule has 2 heterocycles. The third-order valence-corrected chi connectivity index (χ3v) is 13.5. The average Bonchev–Trinajstić information content (AvgIpc) is 3.82. The molecular formula is C57H37NOS. The molecule has 0 fully saturated rings. The maximum absolute atomic E-state index is 6.71. The predicted octanol–water partition coefficient (Wildman–Crippen LogP) is 15.5. The van der Waals surface area contributed by atoms with Gasteiger partial charge in [-0.1, -0.05) is 163 Å². The number of fused-ring (bicyclic) bond motifs is 12. The van der Waals surface area contributed by atoms with Gasteiger partial charge >= 0.3 is 0 Å². The Kier molecular flexibility index (Phi) is 8.04. The van der Waals surface area contributed by atoms with Crippen molar-refractivity contribution in [2.24, 2.45) is 0 Å². The molecule has 0 unspecified atom stereocenters. The van der Waals surface area contributed by atoms with E-state index in [4.69, 9.17) is 4.42 Å². The fourth-order valence-electron chi connectivity index (χ4n) is 9.75. The standard InChI is InChI=1S/C57H37NOS/c1-4-16-38(17-5-1)34-47(39-18-6-2-7-19-39)40-28-33-53-48(35-40)46-32-30-43(37-54(46)59-53)58(41-20-8-3-9-21-41)42-29-31-45-44-22-10-11-23-49(44)57(52(45)36-42)50-24-12-14-26-55(50)60-56-27-15-13-25-51(56)57/h1-37H/b47-34+. The Hall–Kier alpha value is -7.33. The molecule has 3 heteroatoms. The fourth-order valence-corrected chi connectivity index (χ4v) is 10.9. The van der Waals surface area contributed by atoms with Crippen molar-refractivity contribution in [1.29, 1.82) is 0 Å². The molecule has 12 rings (SSSR count). The summed E-state index contributed by atoms with van der Waals surface area (Å²) in [5.41, 5.74) is 17.0. The van der Waals surface area contributed by atoms with E-state index in [1.165, 1.54) is 54.3 Å². The molecule has 0 saturated carbocycles. The quantitative estimate of drug-likeness (QED) is 0.156. The van der Waals surface area contributed by atoms with Gasteiger partial charge in [-0.25, -0.2) is 0 Å². The van der Waals surface area contributed by atoms with E-state index in [1.807, 2.05) is 11.8 Å². The van der Waals surface area contributed by atoms with Crippen LogP contribution in [0.3, 0.4) is 0 Å². The summed E-state index contributed by atoms with van der Waals surface area (Å²) < 4.78 is 6.71. The lowest BCUT2D eigenvalue weighted by molar-refractivity contribution is 0.669. The van der Waals surface area contributed by atoms with E-state index in [2.05, 4.69) is 229 Å². The highest BCUT2D eigenvalue weighted by Gasteiger charge is 2.50. The van der Waals surface area contributed by atoms with Crippen LogP contribution in [0.5, 0.6) is 0 Å². The molecule has 2 aliphatic rings. The van der Waals surface area contributed by atoms with E-state index < -0.39 is 5.41 Å².